The molecular formula is C32H44N2O6Si. The summed E-state index contributed by atoms with van der Waals surface area (Å²) in [5.74, 6) is 0.208. The maximum Gasteiger partial charge on any atom is 0.411 e. The van der Waals surface area contributed by atoms with Crippen molar-refractivity contribution in [1.82, 2.24) is 4.90 Å². The lowest BCUT2D eigenvalue weighted by molar-refractivity contribution is 0.0378. The smallest absolute Gasteiger partial charge is 0.411 e. The SMILES string of the molecule is COC(=O)c1cc(OCc2ccccc2)c2c(c1)N1C[C@H]3[C@@H]([C@H]1[C@@H]2CO[Si](C)(C)C(C)(C)C)N3C(=O)OC(C)(C)C. The predicted molar refractivity (Wildman–Crippen MR) is 161 cm³/mol. The van der Waals surface area contributed by atoms with Gasteiger partial charge in [0.1, 0.15) is 18.0 Å². The van der Waals surface area contributed by atoms with Gasteiger partial charge in [-0.2, -0.15) is 0 Å². The summed E-state index contributed by atoms with van der Waals surface area (Å²) in [4.78, 5) is 30.1. The number of ether oxygens (including phenoxy) is 3. The van der Waals surface area contributed by atoms with Crippen LogP contribution in [0, 0.1) is 0 Å². The van der Waals surface area contributed by atoms with Gasteiger partial charge in [-0.05, 0) is 56.6 Å². The van der Waals surface area contributed by atoms with Crippen LogP contribution in [0.3, 0.4) is 0 Å². The second-order valence-corrected chi connectivity index (χ2v) is 18.7. The van der Waals surface area contributed by atoms with Crippen LogP contribution >= 0.6 is 0 Å². The van der Waals surface area contributed by atoms with Crippen molar-refractivity contribution in [1.29, 1.82) is 0 Å². The monoisotopic (exact) mass is 580 g/mol. The first-order valence-corrected chi connectivity index (χ1v) is 17.4. The molecule has 9 heteroatoms. The average Bonchev–Trinajstić information content (AvgIpc) is 3.33. The van der Waals surface area contributed by atoms with Crippen molar-refractivity contribution in [3.05, 3.63) is 59.2 Å². The molecule has 5 rings (SSSR count). The van der Waals surface area contributed by atoms with Crippen molar-refractivity contribution < 1.29 is 28.2 Å². The minimum atomic E-state index is -2.08. The fourth-order valence-electron chi connectivity index (χ4n) is 5.86. The molecule has 2 aromatic carbocycles. The van der Waals surface area contributed by atoms with Gasteiger partial charge in [0.15, 0.2) is 8.32 Å². The number of anilines is 1. The zero-order chi connectivity index (χ0) is 29.9. The number of fused-ring (bicyclic) bond motifs is 5. The van der Waals surface area contributed by atoms with Gasteiger partial charge in [-0.25, -0.2) is 9.59 Å². The number of piperazine rings is 1. The van der Waals surface area contributed by atoms with Gasteiger partial charge in [-0.1, -0.05) is 51.1 Å². The molecule has 0 aliphatic carbocycles. The average molecular weight is 581 g/mol. The van der Waals surface area contributed by atoms with Gasteiger partial charge in [-0.3, -0.25) is 4.90 Å². The molecule has 3 heterocycles. The molecule has 3 aliphatic rings. The maximum atomic E-state index is 13.1. The molecule has 4 atom stereocenters. The Morgan fingerprint density at radius 3 is 2.29 bits per heavy atom. The van der Waals surface area contributed by atoms with Crippen LogP contribution in [0.1, 0.15) is 68.9 Å². The third kappa shape index (κ3) is 5.58. The first-order chi connectivity index (χ1) is 19.1. The number of hydrogen-bond acceptors (Lipinski definition) is 7. The fraction of sp³-hybridized carbons (Fsp3) is 0.562. The maximum absolute atomic E-state index is 13.1. The van der Waals surface area contributed by atoms with Crippen LogP contribution in [0.2, 0.25) is 18.1 Å². The Morgan fingerprint density at radius 1 is 1.00 bits per heavy atom. The largest absolute Gasteiger partial charge is 0.489 e. The third-order valence-electron chi connectivity index (χ3n) is 8.98. The van der Waals surface area contributed by atoms with Gasteiger partial charge in [0.2, 0.25) is 0 Å². The molecule has 0 saturated carbocycles. The Labute approximate surface area is 245 Å². The van der Waals surface area contributed by atoms with E-state index in [-0.39, 0.29) is 35.2 Å². The lowest BCUT2D eigenvalue weighted by Gasteiger charge is -2.38. The van der Waals surface area contributed by atoms with Crippen molar-refractivity contribution in [2.24, 2.45) is 0 Å². The van der Waals surface area contributed by atoms with Crippen LogP contribution < -0.4 is 9.64 Å². The molecule has 2 fully saturated rings. The van der Waals surface area contributed by atoms with Crippen LogP contribution in [0.5, 0.6) is 5.75 Å². The summed E-state index contributed by atoms with van der Waals surface area (Å²) in [6.07, 6.45) is -0.275. The summed E-state index contributed by atoms with van der Waals surface area (Å²) in [5, 5.41) is 0.0514. The number of esters is 1. The Bertz CT molecular complexity index is 1320. The Hall–Kier alpha value is -3.04. The summed E-state index contributed by atoms with van der Waals surface area (Å²) < 4.78 is 24.2. The van der Waals surface area contributed by atoms with Crippen LogP contribution in [0.15, 0.2) is 42.5 Å². The van der Waals surface area contributed by atoms with Crippen molar-refractivity contribution in [3.63, 3.8) is 0 Å². The van der Waals surface area contributed by atoms with E-state index in [1.165, 1.54) is 7.11 Å². The van der Waals surface area contributed by atoms with Crippen molar-refractivity contribution in [2.75, 3.05) is 25.2 Å². The number of carbonyl (C=O) groups is 2. The van der Waals surface area contributed by atoms with E-state index in [1.54, 1.807) is 6.07 Å². The van der Waals surface area contributed by atoms with E-state index in [0.717, 1.165) is 16.8 Å². The number of rotatable bonds is 7. The molecule has 8 nitrogen and oxygen atoms in total. The Kier molecular flexibility index (Phi) is 7.43. The van der Waals surface area contributed by atoms with Crippen molar-refractivity contribution >= 4 is 26.1 Å². The topological polar surface area (TPSA) is 77.3 Å². The first kappa shape index (κ1) is 29.4. The van der Waals surface area contributed by atoms with Gasteiger partial charge in [0.05, 0.1) is 30.8 Å². The lowest BCUT2D eigenvalue weighted by Crippen LogP contribution is -2.45. The van der Waals surface area contributed by atoms with E-state index in [0.29, 0.717) is 31.1 Å². The molecule has 1 amide bonds. The molecule has 2 saturated heterocycles. The van der Waals surface area contributed by atoms with Crippen LogP contribution in [0.4, 0.5) is 10.5 Å². The molecule has 2 aromatic rings. The highest BCUT2D eigenvalue weighted by atomic mass is 28.4. The number of methoxy groups -OCH3 is 1. The number of benzene rings is 2. The van der Waals surface area contributed by atoms with Gasteiger partial charge in [0, 0.05) is 30.3 Å². The molecule has 222 valence electrons. The van der Waals surface area contributed by atoms with E-state index < -0.39 is 19.9 Å². The molecule has 3 aliphatic heterocycles. The van der Waals surface area contributed by atoms with Gasteiger partial charge in [-0.15, -0.1) is 0 Å². The predicted octanol–water partition coefficient (Wildman–Crippen LogP) is 6.35. The molecule has 0 spiro atoms. The lowest BCUT2D eigenvalue weighted by atomic mass is 9.92. The normalized spacial score (nSPS) is 23.0. The molecule has 0 unspecified atom stereocenters. The fourth-order valence-corrected chi connectivity index (χ4v) is 6.89. The highest BCUT2D eigenvalue weighted by molar-refractivity contribution is 6.74. The standard InChI is InChI=1S/C32H44N2O6Si/c1-31(2,3)40-30(36)34-24-17-33-23-15-21(29(35)37-7)16-25(38-18-20-13-11-10-12-14-20)26(23)22(27(33)28(24)34)19-39-41(8,9)32(4,5)6/h10-16,22,24,27-28H,17-19H2,1-9H3/t22-,24+,27-,28+,34?/m1/s1. The van der Waals surface area contributed by atoms with Crippen LogP contribution in [0.25, 0.3) is 0 Å². The Balaban J connectivity index is 1.53. The summed E-state index contributed by atoms with van der Waals surface area (Å²) in [5.41, 5.74) is 2.91. The third-order valence-corrected chi connectivity index (χ3v) is 13.5. The quantitative estimate of drug-likeness (QED) is 0.215. The van der Waals surface area contributed by atoms with Gasteiger partial charge >= 0.3 is 12.1 Å². The number of carbonyl (C=O) groups excluding carboxylic acids is 2. The summed E-state index contributed by atoms with van der Waals surface area (Å²) in [6.45, 7) is 18.5. The zero-order valence-electron chi connectivity index (χ0n) is 25.8. The minimum Gasteiger partial charge on any atom is -0.489 e. The molecule has 0 aromatic heterocycles. The van der Waals surface area contributed by atoms with Gasteiger partial charge < -0.3 is 23.5 Å². The zero-order valence-corrected chi connectivity index (χ0v) is 26.8. The number of nitrogens with zero attached hydrogens (tertiary/aromatic N) is 2. The summed E-state index contributed by atoms with van der Waals surface area (Å²) in [6, 6.07) is 13.8. The van der Waals surface area contributed by atoms with E-state index in [4.69, 9.17) is 18.6 Å². The second kappa shape index (κ2) is 10.3. The van der Waals surface area contributed by atoms with Gasteiger partial charge in [0.25, 0.3) is 0 Å². The second-order valence-electron chi connectivity index (χ2n) is 13.9. The molecule has 0 N–H and O–H groups in total. The molecule has 41 heavy (non-hydrogen) atoms. The van der Waals surface area contributed by atoms with Crippen LogP contribution in [-0.2, 0) is 20.5 Å². The molecular weight excluding hydrogens is 536 g/mol. The summed E-state index contributed by atoms with van der Waals surface area (Å²) in [7, 11) is -0.687. The van der Waals surface area contributed by atoms with E-state index in [1.807, 2.05) is 62.1 Å². The van der Waals surface area contributed by atoms with Crippen molar-refractivity contribution in [3.8, 4) is 5.75 Å². The highest BCUT2D eigenvalue weighted by Gasteiger charge is 2.67. The minimum absolute atomic E-state index is 0.000686. The first-order valence-electron chi connectivity index (χ1n) is 14.5. The van der Waals surface area contributed by atoms with Crippen molar-refractivity contribution in [2.45, 2.75) is 95.9 Å². The Morgan fingerprint density at radius 2 is 1.68 bits per heavy atom. The number of hydrogen-bond donors (Lipinski definition) is 0. The molecule has 0 radical (unpaired) electrons. The summed E-state index contributed by atoms with van der Waals surface area (Å²) >= 11 is 0. The molecule has 0 bridgehead atoms. The number of amides is 1. The highest BCUT2D eigenvalue weighted by Crippen LogP contribution is 2.57. The van der Waals surface area contributed by atoms with E-state index >= 15 is 0 Å². The van der Waals surface area contributed by atoms with E-state index in [9.17, 15) is 9.59 Å². The van der Waals surface area contributed by atoms with Crippen LogP contribution in [-0.4, -0.2) is 69.3 Å². The van der Waals surface area contributed by atoms with E-state index in [2.05, 4.69) is 38.8 Å².